The number of nitrogens with one attached hydrogen (secondary N) is 1. The molecule has 1 N–H and O–H groups in total. The average molecular weight is 355 g/mol. The Morgan fingerprint density at radius 1 is 1.40 bits per heavy atom. The van der Waals surface area contributed by atoms with Crippen LogP contribution >= 0.6 is 0 Å². The fourth-order valence-corrected chi connectivity index (χ4v) is 1.80. The Morgan fingerprint density at radius 2 is 2.08 bits per heavy atom. The number of urea groups is 1. The number of carbonyl (C=O) groups is 1. The minimum atomic E-state index is -4.71. The molecule has 132 valence electrons. The van der Waals surface area contributed by atoms with E-state index in [0.717, 1.165) is 5.06 Å². The van der Waals surface area contributed by atoms with Crippen molar-refractivity contribution in [3.05, 3.63) is 35.7 Å². The molecule has 0 atom stereocenters. The highest BCUT2D eigenvalue weighted by atomic mass is 19.4. The van der Waals surface area contributed by atoms with Crippen LogP contribution in [0.1, 0.15) is 11.5 Å². The van der Waals surface area contributed by atoms with E-state index in [2.05, 4.69) is 20.0 Å². The molecule has 11 heteroatoms. The molecule has 1 aromatic carbocycles. The summed E-state index contributed by atoms with van der Waals surface area (Å²) in [4.78, 5) is 19.9. The molecule has 0 unspecified atom stereocenters. The first-order valence-electron chi connectivity index (χ1n) is 6.81. The van der Waals surface area contributed by atoms with Crippen LogP contribution in [-0.4, -0.2) is 34.9 Å². The summed E-state index contributed by atoms with van der Waals surface area (Å²) in [7, 11) is 1.29. The third-order valence-corrected chi connectivity index (χ3v) is 2.97. The van der Waals surface area contributed by atoms with Gasteiger partial charge in [0, 0.05) is 5.56 Å². The topological polar surface area (TPSA) is 104 Å². The Bertz CT molecular complexity index is 767. The molecule has 0 spiro atoms. The second-order valence-electron chi connectivity index (χ2n) is 4.65. The molecule has 2 rings (SSSR count). The first-order chi connectivity index (χ1) is 11.8. The molecule has 2 amide bonds. The van der Waals surface area contributed by atoms with Crippen molar-refractivity contribution in [2.24, 2.45) is 0 Å². The lowest BCUT2D eigenvalue weighted by Crippen LogP contribution is -2.38. The van der Waals surface area contributed by atoms with Crippen LogP contribution in [0.15, 0.2) is 28.8 Å². The normalized spacial score (nSPS) is 11.0. The van der Waals surface area contributed by atoms with E-state index in [1.165, 1.54) is 19.2 Å². The quantitative estimate of drug-likeness (QED) is 0.652. The van der Waals surface area contributed by atoms with Crippen LogP contribution in [0.4, 0.5) is 18.0 Å². The van der Waals surface area contributed by atoms with Gasteiger partial charge in [0.25, 0.3) is 0 Å². The summed E-state index contributed by atoms with van der Waals surface area (Å²) >= 11 is 0. The summed E-state index contributed by atoms with van der Waals surface area (Å²) in [5, 5.41) is 15.0. The monoisotopic (exact) mass is 355 g/mol. The van der Waals surface area contributed by atoms with E-state index in [0.29, 0.717) is 11.1 Å². The summed E-state index contributed by atoms with van der Waals surface area (Å²) in [5.41, 5.74) is 0.957. The minimum absolute atomic E-state index is 0.0636. The molecule has 0 saturated carbocycles. The number of nitriles is 1. The van der Waals surface area contributed by atoms with E-state index in [1.807, 2.05) is 0 Å². The smallest absolute Gasteiger partial charge is 0.329 e. The second-order valence-corrected chi connectivity index (χ2v) is 4.65. The minimum Gasteiger partial charge on any atom is -0.329 e. The maximum absolute atomic E-state index is 12.5. The average Bonchev–Trinajstić information content (AvgIpc) is 3.08. The van der Waals surface area contributed by atoms with Gasteiger partial charge in [-0.15, -0.1) is 0 Å². The number of aromatic nitrogens is 2. The van der Waals surface area contributed by atoms with E-state index in [-0.39, 0.29) is 18.9 Å². The predicted molar refractivity (Wildman–Crippen MR) is 76.3 cm³/mol. The van der Waals surface area contributed by atoms with Crippen LogP contribution in [0.2, 0.25) is 0 Å². The van der Waals surface area contributed by atoms with Crippen molar-refractivity contribution in [3.8, 4) is 17.5 Å². The standard InChI is InChI=1S/C14H12F3N5O3/c1-24-22(13(23)19-7-6-18)8-9-2-4-10(5-3-9)11-20-12(25-21-11)14(15,16)17/h2-5H,7-8H2,1H3,(H,19,23). The fourth-order valence-electron chi connectivity index (χ4n) is 1.80. The molecule has 0 radical (unpaired) electrons. The summed E-state index contributed by atoms with van der Waals surface area (Å²) in [6.45, 7) is -0.106. The molecular weight excluding hydrogens is 343 g/mol. The molecule has 0 aliphatic rings. The lowest BCUT2D eigenvalue weighted by molar-refractivity contribution is -0.159. The van der Waals surface area contributed by atoms with Crippen molar-refractivity contribution in [1.29, 1.82) is 5.26 Å². The number of alkyl halides is 3. The Labute approximate surface area is 139 Å². The van der Waals surface area contributed by atoms with E-state index in [9.17, 15) is 18.0 Å². The number of amides is 2. The number of benzene rings is 1. The number of rotatable bonds is 5. The zero-order chi connectivity index (χ0) is 18.4. The van der Waals surface area contributed by atoms with E-state index < -0.39 is 18.1 Å². The molecule has 0 bridgehead atoms. The largest absolute Gasteiger partial charge is 0.471 e. The van der Waals surface area contributed by atoms with Gasteiger partial charge in [0.05, 0.1) is 19.7 Å². The molecule has 0 fully saturated rings. The second kappa shape index (κ2) is 7.63. The molecule has 2 aromatic rings. The van der Waals surface area contributed by atoms with Gasteiger partial charge in [-0.2, -0.15) is 28.5 Å². The number of hydroxylamine groups is 2. The highest BCUT2D eigenvalue weighted by molar-refractivity contribution is 5.73. The maximum Gasteiger partial charge on any atom is 0.471 e. The Hall–Kier alpha value is -3.13. The molecule has 1 heterocycles. The number of halogens is 3. The van der Waals surface area contributed by atoms with Crippen LogP contribution < -0.4 is 5.32 Å². The maximum atomic E-state index is 12.5. The number of hydrogen-bond donors (Lipinski definition) is 1. The highest BCUT2D eigenvalue weighted by Crippen LogP contribution is 2.29. The van der Waals surface area contributed by atoms with Crippen LogP contribution in [0.25, 0.3) is 11.4 Å². The van der Waals surface area contributed by atoms with Gasteiger partial charge in [-0.1, -0.05) is 29.4 Å². The molecule has 0 aliphatic carbocycles. The van der Waals surface area contributed by atoms with Crippen LogP contribution in [0.5, 0.6) is 0 Å². The predicted octanol–water partition coefficient (Wildman–Crippen LogP) is 2.35. The summed E-state index contributed by atoms with van der Waals surface area (Å²) < 4.78 is 41.5. The molecule has 8 nitrogen and oxygen atoms in total. The van der Waals surface area contributed by atoms with Gasteiger partial charge in [0.15, 0.2) is 0 Å². The summed E-state index contributed by atoms with van der Waals surface area (Å²) in [6.07, 6.45) is -4.71. The van der Waals surface area contributed by atoms with Gasteiger partial charge in [-0.3, -0.25) is 4.84 Å². The van der Waals surface area contributed by atoms with Crippen molar-refractivity contribution in [2.75, 3.05) is 13.7 Å². The molecule has 0 aliphatic heterocycles. The fraction of sp³-hybridized carbons (Fsp3) is 0.286. The van der Waals surface area contributed by atoms with Crippen molar-refractivity contribution in [3.63, 3.8) is 0 Å². The highest BCUT2D eigenvalue weighted by Gasteiger charge is 2.38. The lowest BCUT2D eigenvalue weighted by atomic mass is 10.1. The van der Waals surface area contributed by atoms with Crippen molar-refractivity contribution < 1.29 is 27.3 Å². The van der Waals surface area contributed by atoms with Crippen LogP contribution in [0, 0.1) is 11.3 Å². The van der Waals surface area contributed by atoms with Gasteiger partial charge < -0.3 is 9.84 Å². The summed E-state index contributed by atoms with van der Waals surface area (Å²) in [6, 6.07) is 7.29. The lowest BCUT2D eigenvalue weighted by Gasteiger charge is -2.19. The summed E-state index contributed by atoms with van der Waals surface area (Å²) in [5.74, 6) is -1.62. The molecule has 0 saturated heterocycles. The zero-order valence-electron chi connectivity index (χ0n) is 12.9. The van der Waals surface area contributed by atoms with E-state index >= 15 is 0 Å². The van der Waals surface area contributed by atoms with Crippen molar-refractivity contribution in [2.45, 2.75) is 12.7 Å². The third-order valence-electron chi connectivity index (χ3n) is 2.97. The van der Waals surface area contributed by atoms with Crippen molar-refractivity contribution >= 4 is 6.03 Å². The zero-order valence-corrected chi connectivity index (χ0v) is 12.9. The molecular formula is C14H12F3N5O3. The Kier molecular flexibility index (Phi) is 5.56. The van der Waals surface area contributed by atoms with Gasteiger partial charge in [-0.05, 0) is 5.56 Å². The van der Waals surface area contributed by atoms with Crippen LogP contribution in [0.3, 0.4) is 0 Å². The first-order valence-corrected chi connectivity index (χ1v) is 6.81. The Balaban J connectivity index is 2.08. The van der Waals surface area contributed by atoms with Crippen molar-refractivity contribution in [1.82, 2.24) is 20.5 Å². The Morgan fingerprint density at radius 3 is 2.60 bits per heavy atom. The SMILES string of the molecule is CON(Cc1ccc(-c2noc(C(F)(F)F)n2)cc1)C(=O)NCC#N. The first kappa shape index (κ1) is 18.2. The third kappa shape index (κ3) is 4.67. The molecule has 25 heavy (non-hydrogen) atoms. The molecule has 1 aromatic heterocycles. The van der Waals surface area contributed by atoms with E-state index in [4.69, 9.17) is 10.1 Å². The van der Waals surface area contributed by atoms with Gasteiger partial charge in [0.2, 0.25) is 5.82 Å². The number of hydrogen-bond acceptors (Lipinski definition) is 6. The number of nitrogens with zero attached hydrogens (tertiary/aromatic N) is 4. The van der Waals surface area contributed by atoms with Gasteiger partial charge in [-0.25, -0.2) is 4.79 Å². The van der Waals surface area contributed by atoms with Gasteiger partial charge >= 0.3 is 18.1 Å². The van der Waals surface area contributed by atoms with E-state index in [1.54, 1.807) is 18.2 Å². The van der Waals surface area contributed by atoms with Crippen LogP contribution in [-0.2, 0) is 17.6 Å². The van der Waals surface area contributed by atoms with Gasteiger partial charge in [0.1, 0.15) is 6.54 Å². The number of carbonyl (C=O) groups excluding carboxylic acids is 1.